The first-order chi connectivity index (χ1) is 41.0. The SMILES string of the molecule is CCCCCCCCCCCCCCCCCC(=O)O[C@H](COC(=O)CCCCCCCCCCCCCC)COP(=O)(O)OC[C@@H](O)COP(=O)(O)OC[C@@H](COC(=O)CCCCCCCCC)OC(=O)CCCCCCCCCCC(C)C. The molecule has 2 unspecified atom stereocenters. The number of aliphatic hydroxyl groups excluding tert-OH is 1. The highest BCUT2D eigenvalue weighted by Crippen LogP contribution is 2.45. The number of phosphoric acid groups is 2. The van der Waals surface area contributed by atoms with Gasteiger partial charge in [-0.3, -0.25) is 37.3 Å². The summed E-state index contributed by atoms with van der Waals surface area (Å²) in [6.45, 7) is 7.14. The Labute approximate surface area is 517 Å². The van der Waals surface area contributed by atoms with Crippen LogP contribution in [0.15, 0.2) is 0 Å². The highest BCUT2D eigenvalue weighted by atomic mass is 31.2. The third-order valence-electron chi connectivity index (χ3n) is 15.3. The Balaban J connectivity index is 5.21. The molecule has 0 aliphatic heterocycles. The van der Waals surface area contributed by atoms with Crippen molar-refractivity contribution in [3.63, 3.8) is 0 Å². The van der Waals surface area contributed by atoms with E-state index in [9.17, 15) is 43.2 Å². The summed E-state index contributed by atoms with van der Waals surface area (Å²) in [7, 11) is -9.89. The van der Waals surface area contributed by atoms with Crippen LogP contribution in [0.25, 0.3) is 0 Å². The van der Waals surface area contributed by atoms with Crippen molar-refractivity contribution in [2.24, 2.45) is 5.92 Å². The lowest BCUT2D eigenvalue weighted by Gasteiger charge is -2.21. The van der Waals surface area contributed by atoms with Gasteiger partial charge in [-0.25, -0.2) is 9.13 Å². The van der Waals surface area contributed by atoms with Gasteiger partial charge in [0.2, 0.25) is 0 Å². The fourth-order valence-corrected chi connectivity index (χ4v) is 11.5. The topological polar surface area (TPSA) is 237 Å². The van der Waals surface area contributed by atoms with Gasteiger partial charge in [0.1, 0.15) is 19.3 Å². The second-order valence-electron chi connectivity index (χ2n) is 24.3. The van der Waals surface area contributed by atoms with Crippen LogP contribution in [0.3, 0.4) is 0 Å². The van der Waals surface area contributed by atoms with Gasteiger partial charge in [0.05, 0.1) is 26.4 Å². The molecule has 0 aliphatic rings. The van der Waals surface area contributed by atoms with Gasteiger partial charge in [-0.2, -0.15) is 0 Å². The Bertz CT molecular complexity index is 1650. The van der Waals surface area contributed by atoms with Gasteiger partial charge in [-0.05, 0) is 31.6 Å². The van der Waals surface area contributed by atoms with Crippen molar-refractivity contribution in [2.45, 2.75) is 355 Å². The van der Waals surface area contributed by atoms with Crippen LogP contribution in [0.4, 0.5) is 0 Å². The molecule has 0 rings (SSSR count). The number of unbranched alkanes of at least 4 members (excludes halogenated alkanes) is 38. The molecule has 0 aromatic heterocycles. The van der Waals surface area contributed by atoms with Crippen molar-refractivity contribution in [3.8, 4) is 0 Å². The average Bonchev–Trinajstić information content (AvgIpc) is 3.53. The standard InChI is InChI=1S/C66H128O17P2/c1-6-9-12-15-18-20-22-24-25-26-28-30-36-41-46-51-65(70)82-62(56-77-64(69)50-45-40-35-29-27-23-21-19-16-13-10-7-2)58-81-85(74,75)79-54-60(67)53-78-84(72,73)80-57-61(55-76-63(68)49-44-39-33-17-14-11-8-3)83-66(71)52-47-42-37-32-31-34-38-43-48-59(4)5/h59-62,67H,6-58H2,1-5H3,(H,72,73)(H,74,75)/t60-,61+,62+/m0/s1. The van der Waals surface area contributed by atoms with Gasteiger partial charge in [-0.15, -0.1) is 0 Å². The summed E-state index contributed by atoms with van der Waals surface area (Å²) >= 11 is 0. The molecule has 0 saturated carbocycles. The number of esters is 4. The highest BCUT2D eigenvalue weighted by molar-refractivity contribution is 7.47. The minimum absolute atomic E-state index is 0.104. The molecule has 0 saturated heterocycles. The van der Waals surface area contributed by atoms with E-state index < -0.39 is 97.5 Å². The van der Waals surface area contributed by atoms with Crippen molar-refractivity contribution in [1.29, 1.82) is 0 Å². The molecule has 0 aromatic rings. The highest BCUT2D eigenvalue weighted by Gasteiger charge is 2.30. The second-order valence-corrected chi connectivity index (χ2v) is 27.2. The number of rotatable bonds is 66. The molecule has 0 bridgehead atoms. The van der Waals surface area contributed by atoms with Crippen LogP contribution in [0.5, 0.6) is 0 Å². The maximum absolute atomic E-state index is 13.0. The lowest BCUT2D eigenvalue weighted by atomic mass is 10.0. The Kier molecular flexibility index (Phi) is 58.3. The molecule has 85 heavy (non-hydrogen) atoms. The van der Waals surface area contributed by atoms with Crippen LogP contribution in [0, 0.1) is 5.92 Å². The van der Waals surface area contributed by atoms with Crippen LogP contribution in [-0.2, 0) is 65.4 Å². The Morgan fingerprint density at radius 3 is 0.800 bits per heavy atom. The van der Waals surface area contributed by atoms with E-state index >= 15 is 0 Å². The van der Waals surface area contributed by atoms with Gasteiger partial charge in [0, 0.05) is 25.7 Å². The second kappa shape index (κ2) is 59.7. The summed E-state index contributed by atoms with van der Waals surface area (Å²) in [5.41, 5.74) is 0. The van der Waals surface area contributed by atoms with Crippen molar-refractivity contribution >= 4 is 39.5 Å². The van der Waals surface area contributed by atoms with Crippen molar-refractivity contribution in [1.82, 2.24) is 0 Å². The molecule has 0 radical (unpaired) electrons. The zero-order valence-electron chi connectivity index (χ0n) is 54.7. The Morgan fingerprint density at radius 1 is 0.318 bits per heavy atom. The summed E-state index contributed by atoms with van der Waals surface area (Å²) < 4.78 is 68.0. The van der Waals surface area contributed by atoms with Gasteiger partial charge < -0.3 is 33.8 Å². The molecular weight excluding hydrogens is 1130 g/mol. The zero-order valence-corrected chi connectivity index (χ0v) is 56.5. The summed E-state index contributed by atoms with van der Waals surface area (Å²) in [6, 6.07) is 0. The lowest BCUT2D eigenvalue weighted by Crippen LogP contribution is -2.30. The van der Waals surface area contributed by atoms with Gasteiger partial charge >= 0.3 is 39.5 Å². The van der Waals surface area contributed by atoms with E-state index in [0.717, 1.165) is 109 Å². The van der Waals surface area contributed by atoms with Crippen LogP contribution in [0.2, 0.25) is 0 Å². The van der Waals surface area contributed by atoms with E-state index in [0.29, 0.717) is 25.7 Å². The van der Waals surface area contributed by atoms with E-state index in [1.54, 1.807) is 0 Å². The molecule has 0 heterocycles. The largest absolute Gasteiger partial charge is 0.472 e. The molecule has 19 heteroatoms. The van der Waals surface area contributed by atoms with Crippen molar-refractivity contribution in [3.05, 3.63) is 0 Å². The van der Waals surface area contributed by atoms with Gasteiger partial charge in [-0.1, -0.05) is 285 Å². The molecule has 504 valence electrons. The average molecular weight is 1260 g/mol. The molecule has 0 amide bonds. The smallest absolute Gasteiger partial charge is 0.462 e. The number of hydrogen-bond donors (Lipinski definition) is 3. The predicted molar refractivity (Wildman–Crippen MR) is 340 cm³/mol. The summed E-state index contributed by atoms with van der Waals surface area (Å²) in [5.74, 6) is -1.41. The van der Waals surface area contributed by atoms with Gasteiger partial charge in [0.15, 0.2) is 12.2 Å². The molecule has 3 N–H and O–H groups in total. The molecule has 0 aliphatic carbocycles. The molecule has 5 atom stereocenters. The summed E-state index contributed by atoms with van der Waals surface area (Å²) in [4.78, 5) is 72.2. The lowest BCUT2D eigenvalue weighted by molar-refractivity contribution is -0.161. The third kappa shape index (κ3) is 60.7. The van der Waals surface area contributed by atoms with Crippen LogP contribution >= 0.6 is 15.6 Å². The zero-order chi connectivity index (χ0) is 62.8. The predicted octanol–water partition coefficient (Wildman–Crippen LogP) is 18.6. The molecule has 0 spiro atoms. The third-order valence-corrected chi connectivity index (χ3v) is 17.2. The minimum Gasteiger partial charge on any atom is -0.462 e. The van der Waals surface area contributed by atoms with Crippen molar-refractivity contribution < 1.29 is 80.2 Å². The van der Waals surface area contributed by atoms with E-state index in [2.05, 4.69) is 34.6 Å². The number of phosphoric ester groups is 2. The fraction of sp³-hybridized carbons (Fsp3) is 0.939. The van der Waals surface area contributed by atoms with Crippen molar-refractivity contribution in [2.75, 3.05) is 39.6 Å². The fourth-order valence-electron chi connectivity index (χ4n) is 9.94. The molecule has 0 fully saturated rings. The first kappa shape index (κ1) is 83.1. The number of carbonyl (C=O) groups excluding carboxylic acids is 4. The first-order valence-electron chi connectivity index (χ1n) is 34.6. The number of ether oxygens (including phenoxy) is 4. The van der Waals surface area contributed by atoms with E-state index in [4.69, 9.17) is 37.0 Å². The monoisotopic (exact) mass is 1250 g/mol. The van der Waals surface area contributed by atoms with Gasteiger partial charge in [0.25, 0.3) is 0 Å². The quantitative estimate of drug-likeness (QED) is 0.0222. The van der Waals surface area contributed by atoms with E-state index in [1.807, 2.05) is 0 Å². The summed E-state index contributed by atoms with van der Waals surface area (Å²) in [6.07, 6.45) is 44.5. The normalized spacial score (nSPS) is 14.2. The van der Waals surface area contributed by atoms with E-state index in [-0.39, 0.29) is 25.7 Å². The van der Waals surface area contributed by atoms with Crippen LogP contribution in [0.1, 0.15) is 336 Å². The number of hydrogen-bond acceptors (Lipinski definition) is 15. The minimum atomic E-state index is -4.95. The summed E-state index contributed by atoms with van der Waals surface area (Å²) in [5, 5.41) is 10.5. The van der Waals surface area contributed by atoms with E-state index in [1.165, 1.54) is 148 Å². The maximum atomic E-state index is 13.0. The molecule has 0 aromatic carbocycles. The number of aliphatic hydroxyl groups is 1. The maximum Gasteiger partial charge on any atom is 0.472 e. The Hall–Kier alpha value is -1.94. The number of carbonyl (C=O) groups is 4. The Morgan fingerprint density at radius 2 is 0.541 bits per heavy atom. The first-order valence-corrected chi connectivity index (χ1v) is 37.6. The molecular formula is C66H128O17P2. The van der Waals surface area contributed by atoms with Crippen LogP contribution < -0.4 is 0 Å². The van der Waals surface area contributed by atoms with Crippen LogP contribution in [-0.4, -0.2) is 96.7 Å². The molecule has 17 nitrogen and oxygen atoms in total.